The average Bonchev–Trinajstić information content (AvgIpc) is 2.41. The maximum absolute atomic E-state index is 11.8. The number of barbiturate groups is 1. The Kier molecular flexibility index (Phi) is 5.59. The van der Waals surface area contributed by atoms with Gasteiger partial charge >= 0.3 is 6.03 Å². The zero-order chi connectivity index (χ0) is 17.1. The molecule has 122 valence electrons. The number of halogens is 2. The molecule has 0 atom stereocenters. The number of imide groups is 2. The molecule has 1 aliphatic heterocycles. The third-order valence-electron chi connectivity index (χ3n) is 2.84. The molecule has 8 heteroatoms. The molecule has 1 aromatic carbocycles. The molecule has 1 fully saturated rings. The molecule has 0 radical (unpaired) electrons. The fourth-order valence-corrected chi connectivity index (χ4v) is 3.22. The summed E-state index contributed by atoms with van der Waals surface area (Å²) in [5, 5.41) is 4.07. The van der Waals surface area contributed by atoms with E-state index in [9.17, 15) is 14.4 Å². The van der Waals surface area contributed by atoms with Gasteiger partial charge in [-0.15, -0.1) is 0 Å². The van der Waals surface area contributed by atoms with Crippen LogP contribution < -0.4 is 15.4 Å². The number of ether oxygens (including phenoxy) is 1. The van der Waals surface area contributed by atoms with Gasteiger partial charge in [0.05, 0.1) is 11.1 Å². The van der Waals surface area contributed by atoms with Crippen LogP contribution in [0.15, 0.2) is 26.7 Å². The first-order chi connectivity index (χ1) is 10.8. The standard InChI is InChI=1S/C15H14Br2N2O4/c1-7(2)6-23-12-8(3-9(16)5-11(12)17)4-10-13(20)18-15(22)19-14(10)21/h3-5,7H,6H2,1-2H3,(H2,18,19,20,21,22). The van der Waals surface area contributed by atoms with E-state index in [4.69, 9.17) is 4.74 Å². The Morgan fingerprint density at radius 2 is 1.74 bits per heavy atom. The SMILES string of the molecule is CC(C)COc1c(Br)cc(Br)cc1C=C1C(=O)NC(=O)NC1=O. The van der Waals surface area contributed by atoms with Gasteiger partial charge < -0.3 is 4.74 Å². The molecule has 0 saturated carbocycles. The van der Waals surface area contributed by atoms with Crippen LogP contribution >= 0.6 is 31.9 Å². The van der Waals surface area contributed by atoms with Crippen LogP contribution in [0.1, 0.15) is 19.4 Å². The Labute approximate surface area is 149 Å². The highest BCUT2D eigenvalue weighted by Crippen LogP contribution is 2.34. The van der Waals surface area contributed by atoms with Crippen molar-refractivity contribution in [2.24, 2.45) is 5.92 Å². The highest BCUT2D eigenvalue weighted by Gasteiger charge is 2.28. The van der Waals surface area contributed by atoms with Crippen molar-refractivity contribution in [1.29, 1.82) is 0 Å². The number of benzene rings is 1. The summed E-state index contributed by atoms with van der Waals surface area (Å²) in [4.78, 5) is 34.8. The van der Waals surface area contributed by atoms with E-state index >= 15 is 0 Å². The molecule has 0 aromatic heterocycles. The zero-order valence-electron chi connectivity index (χ0n) is 12.4. The van der Waals surface area contributed by atoms with Crippen molar-refractivity contribution in [3.05, 3.63) is 32.2 Å². The maximum atomic E-state index is 11.8. The van der Waals surface area contributed by atoms with Gasteiger partial charge in [-0.25, -0.2) is 4.79 Å². The third kappa shape index (κ3) is 4.42. The second-order valence-electron chi connectivity index (χ2n) is 5.31. The monoisotopic (exact) mass is 444 g/mol. The first kappa shape index (κ1) is 17.7. The van der Waals surface area contributed by atoms with Gasteiger partial charge in [0, 0.05) is 10.0 Å². The lowest BCUT2D eigenvalue weighted by Gasteiger charge is -2.16. The van der Waals surface area contributed by atoms with E-state index in [0.717, 1.165) is 4.47 Å². The average molecular weight is 446 g/mol. The molecule has 23 heavy (non-hydrogen) atoms. The van der Waals surface area contributed by atoms with Crippen molar-refractivity contribution in [1.82, 2.24) is 10.6 Å². The number of carbonyl (C=O) groups is 3. The van der Waals surface area contributed by atoms with Crippen molar-refractivity contribution in [3.63, 3.8) is 0 Å². The van der Waals surface area contributed by atoms with Gasteiger partial charge in [-0.3, -0.25) is 20.2 Å². The van der Waals surface area contributed by atoms with Crippen LogP contribution in [-0.4, -0.2) is 24.5 Å². The molecule has 1 saturated heterocycles. The summed E-state index contributed by atoms with van der Waals surface area (Å²) < 4.78 is 7.21. The molecular formula is C15H14Br2N2O4. The fourth-order valence-electron chi connectivity index (χ4n) is 1.85. The largest absolute Gasteiger partial charge is 0.492 e. The van der Waals surface area contributed by atoms with Crippen LogP contribution in [0.4, 0.5) is 4.79 Å². The molecule has 0 unspecified atom stereocenters. The minimum absolute atomic E-state index is 0.163. The Balaban J connectivity index is 2.45. The fraction of sp³-hybridized carbons (Fsp3) is 0.267. The number of nitrogens with one attached hydrogen (secondary N) is 2. The molecule has 2 rings (SSSR count). The van der Waals surface area contributed by atoms with E-state index in [2.05, 4.69) is 31.9 Å². The number of hydrogen-bond acceptors (Lipinski definition) is 4. The normalized spacial score (nSPS) is 14.7. The summed E-state index contributed by atoms with van der Waals surface area (Å²) in [7, 11) is 0. The summed E-state index contributed by atoms with van der Waals surface area (Å²) >= 11 is 6.77. The molecule has 4 amide bonds. The smallest absolute Gasteiger partial charge is 0.328 e. The molecule has 6 nitrogen and oxygen atoms in total. The van der Waals surface area contributed by atoms with Crippen LogP contribution in [0, 0.1) is 5.92 Å². The van der Waals surface area contributed by atoms with Crippen molar-refractivity contribution in [2.45, 2.75) is 13.8 Å². The van der Waals surface area contributed by atoms with E-state index in [1.807, 2.05) is 30.5 Å². The summed E-state index contributed by atoms with van der Waals surface area (Å²) in [6.07, 6.45) is 1.39. The van der Waals surface area contributed by atoms with Crippen LogP contribution in [0.3, 0.4) is 0 Å². The van der Waals surface area contributed by atoms with Crippen molar-refractivity contribution in [3.8, 4) is 5.75 Å². The number of hydrogen-bond donors (Lipinski definition) is 2. The van der Waals surface area contributed by atoms with Gasteiger partial charge in [0.1, 0.15) is 11.3 Å². The topological polar surface area (TPSA) is 84.5 Å². The zero-order valence-corrected chi connectivity index (χ0v) is 15.6. The number of rotatable bonds is 4. The molecular weight excluding hydrogens is 432 g/mol. The van der Waals surface area contributed by atoms with Gasteiger partial charge in [0.15, 0.2) is 0 Å². The lowest BCUT2D eigenvalue weighted by atomic mass is 10.1. The van der Waals surface area contributed by atoms with Gasteiger partial charge in [-0.2, -0.15) is 0 Å². The van der Waals surface area contributed by atoms with Crippen molar-refractivity contribution >= 4 is 55.8 Å². The second kappa shape index (κ2) is 7.27. The Morgan fingerprint density at radius 3 is 2.30 bits per heavy atom. The first-order valence-corrected chi connectivity index (χ1v) is 8.36. The lowest BCUT2D eigenvalue weighted by Crippen LogP contribution is -2.51. The van der Waals surface area contributed by atoms with E-state index in [1.165, 1.54) is 6.08 Å². The third-order valence-corrected chi connectivity index (χ3v) is 3.89. The number of carbonyl (C=O) groups excluding carboxylic acids is 3. The summed E-state index contributed by atoms with van der Waals surface area (Å²) in [6, 6.07) is 2.70. The van der Waals surface area contributed by atoms with Crippen LogP contribution in [0.25, 0.3) is 6.08 Å². The molecule has 0 bridgehead atoms. The van der Waals surface area contributed by atoms with Crippen molar-refractivity contribution in [2.75, 3.05) is 6.61 Å². The summed E-state index contributed by atoms with van der Waals surface area (Å²) in [6.45, 7) is 4.50. The Bertz CT molecular complexity index is 692. The van der Waals surface area contributed by atoms with E-state index in [0.29, 0.717) is 28.3 Å². The van der Waals surface area contributed by atoms with Gasteiger partial charge in [0.2, 0.25) is 0 Å². The van der Waals surface area contributed by atoms with E-state index < -0.39 is 17.8 Å². The molecule has 2 N–H and O–H groups in total. The number of urea groups is 1. The molecule has 1 aromatic rings. The van der Waals surface area contributed by atoms with Gasteiger partial charge in [0.25, 0.3) is 11.8 Å². The second-order valence-corrected chi connectivity index (χ2v) is 7.08. The molecule has 1 aliphatic rings. The predicted octanol–water partition coefficient (Wildman–Crippen LogP) is 3.00. The summed E-state index contributed by atoms with van der Waals surface area (Å²) in [5.74, 6) is -0.661. The van der Waals surface area contributed by atoms with Gasteiger partial charge in [-0.05, 0) is 40.1 Å². The highest BCUT2D eigenvalue weighted by molar-refractivity contribution is 9.11. The number of amides is 4. The Hall–Kier alpha value is -1.67. The predicted molar refractivity (Wildman–Crippen MR) is 91.8 cm³/mol. The first-order valence-electron chi connectivity index (χ1n) is 6.78. The molecule has 1 heterocycles. The minimum atomic E-state index is -0.830. The molecule has 0 aliphatic carbocycles. The quantitative estimate of drug-likeness (QED) is 0.551. The van der Waals surface area contributed by atoms with Gasteiger partial charge in [-0.1, -0.05) is 29.8 Å². The van der Waals surface area contributed by atoms with Crippen LogP contribution in [0.5, 0.6) is 5.75 Å². The van der Waals surface area contributed by atoms with E-state index in [1.54, 1.807) is 6.07 Å². The summed E-state index contributed by atoms with van der Waals surface area (Å²) in [5.41, 5.74) is 0.380. The Morgan fingerprint density at radius 1 is 1.13 bits per heavy atom. The highest BCUT2D eigenvalue weighted by atomic mass is 79.9. The van der Waals surface area contributed by atoms with Crippen LogP contribution in [0.2, 0.25) is 0 Å². The maximum Gasteiger partial charge on any atom is 0.328 e. The minimum Gasteiger partial charge on any atom is -0.492 e. The van der Waals surface area contributed by atoms with E-state index in [-0.39, 0.29) is 5.57 Å². The van der Waals surface area contributed by atoms with Crippen molar-refractivity contribution < 1.29 is 19.1 Å². The lowest BCUT2D eigenvalue weighted by molar-refractivity contribution is -0.123. The molecule has 0 spiro atoms. The van der Waals surface area contributed by atoms with Crippen LogP contribution in [-0.2, 0) is 9.59 Å².